The van der Waals surface area contributed by atoms with Crippen molar-refractivity contribution in [1.29, 1.82) is 0 Å². The van der Waals surface area contributed by atoms with Gasteiger partial charge in [0, 0.05) is 19.6 Å². The maximum Gasteiger partial charge on any atom is 0.331 e. The van der Waals surface area contributed by atoms with Crippen molar-refractivity contribution in [3.05, 3.63) is 0 Å². The Kier molecular flexibility index (Phi) is 3.50. The Labute approximate surface area is 78.8 Å². The lowest BCUT2D eigenvalue weighted by molar-refractivity contribution is 0.141. The van der Waals surface area contributed by atoms with E-state index in [2.05, 4.69) is 17.4 Å². The van der Waals surface area contributed by atoms with Crippen molar-refractivity contribution in [3.63, 3.8) is 0 Å². The van der Waals surface area contributed by atoms with Gasteiger partial charge in [0.1, 0.15) is 0 Å². The van der Waals surface area contributed by atoms with Crippen molar-refractivity contribution in [2.45, 2.75) is 18.9 Å². The lowest BCUT2D eigenvalue weighted by Gasteiger charge is -2.35. The van der Waals surface area contributed by atoms with Gasteiger partial charge in [0.25, 0.3) is 0 Å². The highest BCUT2D eigenvalue weighted by Crippen LogP contribution is 2.12. The van der Waals surface area contributed by atoms with Gasteiger partial charge in [-0.1, -0.05) is 0 Å². The van der Waals surface area contributed by atoms with E-state index in [1.165, 1.54) is 0 Å². The Morgan fingerprint density at radius 3 is 2.92 bits per heavy atom. The van der Waals surface area contributed by atoms with Crippen molar-refractivity contribution in [1.82, 2.24) is 15.2 Å². The van der Waals surface area contributed by atoms with E-state index in [0.717, 1.165) is 25.9 Å². The Bertz CT molecular complexity index is 185. The van der Waals surface area contributed by atoms with E-state index in [0.29, 0.717) is 6.04 Å². The van der Waals surface area contributed by atoms with Gasteiger partial charge >= 0.3 is 6.03 Å². The first kappa shape index (κ1) is 10.3. The number of likely N-dealkylation sites (N-methyl/N-ethyl adjacent to an activating group) is 2. The highest BCUT2D eigenvalue weighted by Gasteiger charge is 2.23. The minimum atomic E-state index is -0.208. The minimum absolute atomic E-state index is 0.208. The highest BCUT2D eigenvalue weighted by molar-refractivity contribution is 5.73. The molecule has 1 rings (SSSR count). The molecule has 0 radical (unpaired) electrons. The molecule has 3 N–H and O–H groups in total. The smallest absolute Gasteiger partial charge is 0.323 e. The second-order valence-electron chi connectivity index (χ2n) is 3.62. The van der Waals surface area contributed by atoms with Crippen LogP contribution in [-0.4, -0.2) is 49.1 Å². The van der Waals surface area contributed by atoms with Crippen LogP contribution in [0.3, 0.4) is 0 Å². The molecule has 5 heteroatoms. The van der Waals surface area contributed by atoms with E-state index in [9.17, 15) is 4.79 Å². The van der Waals surface area contributed by atoms with Gasteiger partial charge in [-0.2, -0.15) is 0 Å². The number of carbonyl (C=O) groups excluding carboxylic acids is 1. The van der Waals surface area contributed by atoms with E-state index < -0.39 is 0 Å². The molecule has 1 unspecified atom stereocenters. The number of nitrogens with two attached hydrogens (primary N) is 1. The number of carbonyl (C=O) groups is 1. The summed E-state index contributed by atoms with van der Waals surface area (Å²) in [7, 11) is 3.85. The summed E-state index contributed by atoms with van der Waals surface area (Å²) in [6.07, 6.45) is 2.21. The molecule has 1 atom stereocenters. The van der Waals surface area contributed by atoms with Crippen LogP contribution in [-0.2, 0) is 0 Å². The zero-order chi connectivity index (χ0) is 9.84. The second-order valence-corrected chi connectivity index (χ2v) is 3.62. The quantitative estimate of drug-likeness (QED) is 0.332. The molecule has 5 nitrogen and oxygen atoms in total. The van der Waals surface area contributed by atoms with Gasteiger partial charge in [-0.25, -0.2) is 10.6 Å². The molecule has 0 aromatic heterocycles. The molecular weight excluding hydrogens is 168 g/mol. The number of nitrogens with one attached hydrogen (secondary N) is 1. The fourth-order valence-corrected chi connectivity index (χ4v) is 1.72. The Balaban J connectivity index is 2.45. The van der Waals surface area contributed by atoms with Gasteiger partial charge in [-0.15, -0.1) is 0 Å². The molecule has 1 fully saturated rings. The Morgan fingerprint density at radius 1 is 1.69 bits per heavy atom. The van der Waals surface area contributed by atoms with Crippen molar-refractivity contribution in [2.75, 3.05) is 27.2 Å². The molecule has 1 aliphatic heterocycles. The lowest BCUT2D eigenvalue weighted by atomic mass is 10.1. The molecule has 0 aromatic rings. The van der Waals surface area contributed by atoms with Crippen LogP contribution in [0.5, 0.6) is 0 Å². The second kappa shape index (κ2) is 4.43. The molecule has 0 aliphatic carbocycles. The monoisotopic (exact) mass is 186 g/mol. The van der Waals surface area contributed by atoms with Crippen LogP contribution in [0, 0.1) is 0 Å². The van der Waals surface area contributed by atoms with Gasteiger partial charge in [-0.3, -0.25) is 5.43 Å². The number of hydrazine groups is 1. The first-order valence-corrected chi connectivity index (χ1v) is 4.57. The summed E-state index contributed by atoms with van der Waals surface area (Å²) < 4.78 is 0. The van der Waals surface area contributed by atoms with Crippen LogP contribution in [0.1, 0.15) is 12.8 Å². The average Bonchev–Trinajstić information content (AvgIpc) is 2.15. The first-order valence-electron chi connectivity index (χ1n) is 4.57. The predicted molar refractivity (Wildman–Crippen MR) is 51.0 cm³/mol. The highest BCUT2D eigenvalue weighted by atomic mass is 16.2. The SMILES string of the molecule is CN1CCCC(N(C)C(=O)NN)C1. The van der Waals surface area contributed by atoms with Gasteiger partial charge in [0.05, 0.1) is 0 Å². The third-order valence-electron chi connectivity index (χ3n) is 2.59. The lowest BCUT2D eigenvalue weighted by Crippen LogP contribution is -2.51. The molecule has 0 saturated carbocycles. The van der Waals surface area contributed by atoms with Crippen molar-refractivity contribution < 1.29 is 4.79 Å². The fourth-order valence-electron chi connectivity index (χ4n) is 1.72. The number of piperidine rings is 1. The Morgan fingerprint density at radius 2 is 2.38 bits per heavy atom. The van der Waals surface area contributed by atoms with Gasteiger partial charge < -0.3 is 9.80 Å². The number of urea groups is 1. The molecule has 76 valence electrons. The number of hydrogen-bond donors (Lipinski definition) is 2. The molecular formula is C8H18N4O. The molecule has 0 spiro atoms. The summed E-state index contributed by atoms with van der Waals surface area (Å²) in [5.74, 6) is 5.06. The summed E-state index contributed by atoms with van der Waals surface area (Å²) in [6.45, 7) is 2.05. The van der Waals surface area contributed by atoms with Crippen LogP contribution in [0.2, 0.25) is 0 Å². The van der Waals surface area contributed by atoms with Crippen LogP contribution in [0.25, 0.3) is 0 Å². The van der Waals surface area contributed by atoms with E-state index in [1.54, 1.807) is 11.9 Å². The number of rotatable bonds is 1. The van der Waals surface area contributed by atoms with Crippen LogP contribution in [0.15, 0.2) is 0 Å². The van der Waals surface area contributed by atoms with Crippen LogP contribution < -0.4 is 11.3 Å². The Hall–Kier alpha value is -0.810. The number of amides is 2. The van der Waals surface area contributed by atoms with Crippen molar-refractivity contribution >= 4 is 6.03 Å². The maximum absolute atomic E-state index is 11.2. The third kappa shape index (κ3) is 2.57. The summed E-state index contributed by atoms with van der Waals surface area (Å²) in [4.78, 5) is 15.1. The molecule has 1 heterocycles. The van der Waals surface area contributed by atoms with E-state index in [1.807, 2.05) is 0 Å². The molecule has 0 aromatic carbocycles. The summed E-state index contributed by atoms with van der Waals surface area (Å²) in [6, 6.07) is 0.0857. The van der Waals surface area contributed by atoms with E-state index in [4.69, 9.17) is 5.84 Å². The first-order chi connectivity index (χ1) is 6.15. The van der Waals surface area contributed by atoms with E-state index in [-0.39, 0.29) is 6.03 Å². The third-order valence-corrected chi connectivity index (χ3v) is 2.59. The summed E-state index contributed by atoms with van der Waals surface area (Å²) >= 11 is 0. The maximum atomic E-state index is 11.2. The fraction of sp³-hybridized carbons (Fsp3) is 0.875. The van der Waals surface area contributed by atoms with Gasteiger partial charge in [-0.05, 0) is 26.4 Å². The van der Waals surface area contributed by atoms with Gasteiger partial charge in [0.15, 0.2) is 0 Å². The molecule has 1 saturated heterocycles. The van der Waals surface area contributed by atoms with Crippen LogP contribution >= 0.6 is 0 Å². The number of hydrogen-bond acceptors (Lipinski definition) is 3. The predicted octanol–water partition coefficient (Wildman–Crippen LogP) is -0.404. The largest absolute Gasteiger partial charge is 0.331 e. The number of likely N-dealkylation sites (tertiary alicyclic amines) is 1. The van der Waals surface area contributed by atoms with Crippen molar-refractivity contribution in [3.8, 4) is 0 Å². The standard InChI is InChI=1S/C8H18N4O/c1-11-5-3-4-7(6-11)12(2)8(13)10-9/h7H,3-6,9H2,1-2H3,(H,10,13). The molecule has 2 amide bonds. The minimum Gasteiger partial charge on any atom is -0.323 e. The zero-order valence-corrected chi connectivity index (χ0v) is 8.29. The zero-order valence-electron chi connectivity index (χ0n) is 8.29. The average molecular weight is 186 g/mol. The van der Waals surface area contributed by atoms with Gasteiger partial charge in [0.2, 0.25) is 0 Å². The molecule has 0 bridgehead atoms. The number of nitrogens with zero attached hydrogens (tertiary/aromatic N) is 2. The molecule has 1 aliphatic rings. The molecule has 13 heavy (non-hydrogen) atoms. The topological polar surface area (TPSA) is 61.6 Å². The van der Waals surface area contributed by atoms with Crippen molar-refractivity contribution in [2.24, 2.45) is 5.84 Å². The summed E-state index contributed by atoms with van der Waals surface area (Å²) in [5.41, 5.74) is 2.15. The normalized spacial score (nSPS) is 24.1. The van der Waals surface area contributed by atoms with Crippen LogP contribution in [0.4, 0.5) is 4.79 Å². The summed E-state index contributed by atoms with van der Waals surface area (Å²) in [5, 5.41) is 0. The van der Waals surface area contributed by atoms with E-state index >= 15 is 0 Å².